The lowest BCUT2D eigenvalue weighted by Crippen LogP contribution is -2.16. The van der Waals surface area contributed by atoms with Gasteiger partial charge in [-0.25, -0.2) is 0 Å². The number of fused-ring (bicyclic) bond motifs is 1. The molecular weight excluding hydrogens is 326 g/mol. The zero-order valence-electron chi connectivity index (χ0n) is 14.5. The average Bonchev–Trinajstić information content (AvgIpc) is 3.09. The fourth-order valence-electron chi connectivity index (χ4n) is 2.98. The molecule has 2 aromatic heterocycles. The van der Waals surface area contributed by atoms with Crippen molar-refractivity contribution in [1.82, 2.24) is 14.3 Å². The van der Waals surface area contributed by atoms with E-state index in [9.17, 15) is 4.79 Å². The van der Waals surface area contributed by atoms with Crippen molar-refractivity contribution in [1.29, 1.82) is 0 Å². The maximum absolute atomic E-state index is 12.5. The molecule has 0 radical (unpaired) electrons. The first kappa shape index (κ1) is 16.1. The van der Waals surface area contributed by atoms with Crippen LogP contribution in [-0.2, 0) is 13.2 Å². The molecule has 130 valence electrons. The van der Waals surface area contributed by atoms with Gasteiger partial charge < -0.3 is 4.74 Å². The number of aryl methyl sites for hydroxylation is 1. The molecule has 0 aliphatic heterocycles. The molecule has 0 amide bonds. The van der Waals surface area contributed by atoms with Crippen LogP contribution in [0, 0.1) is 0 Å². The number of rotatable bonds is 5. The summed E-state index contributed by atoms with van der Waals surface area (Å²) in [5, 5.41) is 5.36. The third-order valence-electron chi connectivity index (χ3n) is 4.34. The molecule has 0 fully saturated rings. The smallest absolute Gasteiger partial charge is 0.258 e. The number of pyridine rings is 1. The van der Waals surface area contributed by atoms with Crippen molar-refractivity contribution in [3.63, 3.8) is 0 Å². The summed E-state index contributed by atoms with van der Waals surface area (Å²) in [5.74, 6) is 0.565. The molecule has 5 nitrogen and oxygen atoms in total. The third kappa shape index (κ3) is 3.11. The highest BCUT2D eigenvalue weighted by Gasteiger charge is 2.06. The first-order valence-corrected chi connectivity index (χ1v) is 8.60. The maximum atomic E-state index is 12.5. The standard InChI is InChI=1S/C21H19N3O2/c1-2-24-20-9-8-18(12-17(20)14-22-24)23-11-10-19(13-21(23)25)26-15-16-6-4-3-5-7-16/h3-14H,2,15H2,1H3. The predicted molar refractivity (Wildman–Crippen MR) is 102 cm³/mol. The van der Waals surface area contributed by atoms with Crippen LogP contribution in [0.15, 0.2) is 77.9 Å². The second-order valence-electron chi connectivity index (χ2n) is 6.05. The zero-order valence-corrected chi connectivity index (χ0v) is 14.5. The Morgan fingerprint density at radius 1 is 1.04 bits per heavy atom. The lowest BCUT2D eigenvalue weighted by atomic mass is 10.2. The van der Waals surface area contributed by atoms with E-state index < -0.39 is 0 Å². The lowest BCUT2D eigenvalue weighted by Gasteiger charge is -2.09. The van der Waals surface area contributed by atoms with E-state index in [1.54, 1.807) is 10.8 Å². The van der Waals surface area contributed by atoms with Crippen molar-refractivity contribution >= 4 is 10.9 Å². The second-order valence-corrected chi connectivity index (χ2v) is 6.05. The molecule has 0 aliphatic carbocycles. The fourth-order valence-corrected chi connectivity index (χ4v) is 2.98. The van der Waals surface area contributed by atoms with Crippen molar-refractivity contribution in [2.75, 3.05) is 0 Å². The van der Waals surface area contributed by atoms with Gasteiger partial charge in [0, 0.05) is 29.9 Å². The van der Waals surface area contributed by atoms with Crippen LogP contribution >= 0.6 is 0 Å². The topological polar surface area (TPSA) is 49.0 Å². The number of hydrogen-bond donors (Lipinski definition) is 0. The quantitative estimate of drug-likeness (QED) is 0.553. The first-order valence-electron chi connectivity index (χ1n) is 8.60. The molecule has 0 atom stereocenters. The van der Waals surface area contributed by atoms with Crippen molar-refractivity contribution in [2.45, 2.75) is 20.1 Å². The number of benzene rings is 2. The molecule has 0 unspecified atom stereocenters. The second kappa shape index (κ2) is 6.88. The van der Waals surface area contributed by atoms with Gasteiger partial charge in [-0.1, -0.05) is 30.3 Å². The van der Waals surface area contributed by atoms with Crippen molar-refractivity contribution in [3.8, 4) is 11.4 Å². The van der Waals surface area contributed by atoms with E-state index >= 15 is 0 Å². The van der Waals surface area contributed by atoms with Gasteiger partial charge >= 0.3 is 0 Å². The van der Waals surface area contributed by atoms with Crippen LogP contribution in [0.25, 0.3) is 16.6 Å². The number of aromatic nitrogens is 3. The molecule has 0 saturated carbocycles. The van der Waals surface area contributed by atoms with Crippen LogP contribution in [0.1, 0.15) is 12.5 Å². The highest BCUT2D eigenvalue weighted by atomic mass is 16.5. The Balaban J connectivity index is 1.58. The van der Waals surface area contributed by atoms with Crippen molar-refractivity contribution in [2.24, 2.45) is 0 Å². The van der Waals surface area contributed by atoms with Gasteiger partial charge in [-0.15, -0.1) is 0 Å². The number of nitrogens with zero attached hydrogens (tertiary/aromatic N) is 3. The van der Waals surface area contributed by atoms with Gasteiger partial charge in [-0.2, -0.15) is 5.10 Å². The number of ether oxygens (including phenoxy) is 1. The fraction of sp³-hybridized carbons (Fsp3) is 0.143. The van der Waals surface area contributed by atoms with E-state index in [-0.39, 0.29) is 5.56 Å². The Labute approximate surface area is 151 Å². The number of hydrogen-bond acceptors (Lipinski definition) is 3. The Kier molecular flexibility index (Phi) is 4.27. The highest BCUT2D eigenvalue weighted by Crippen LogP contribution is 2.18. The largest absolute Gasteiger partial charge is 0.489 e. The highest BCUT2D eigenvalue weighted by molar-refractivity contribution is 5.80. The molecule has 4 aromatic rings. The summed E-state index contributed by atoms with van der Waals surface area (Å²) in [6.45, 7) is 3.31. The zero-order chi connectivity index (χ0) is 17.9. The Morgan fingerprint density at radius 3 is 2.65 bits per heavy atom. The minimum atomic E-state index is -0.127. The molecule has 4 rings (SSSR count). The predicted octanol–water partition coefficient (Wildman–Crippen LogP) is 3.79. The maximum Gasteiger partial charge on any atom is 0.258 e. The molecule has 2 aromatic carbocycles. The minimum Gasteiger partial charge on any atom is -0.489 e. The van der Waals surface area contributed by atoms with Crippen LogP contribution in [-0.4, -0.2) is 14.3 Å². The molecule has 2 heterocycles. The van der Waals surface area contributed by atoms with Crippen molar-refractivity contribution in [3.05, 3.63) is 89.0 Å². The van der Waals surface area contributed by atoms with Gasteiger partial charge in [-0.05, 0) is 36.8 Å². The normalized spacial score (nSPS) is 11.0. The van der Waals surface area contributed by atoms with Crippen LogP contribution in [0.2, 0.25) is 0 Å². The van der Waals surface area contributed by atoms with E-state index in [4.69, 9.17) is 4.74 Å². The molecule has 0 saturated heterocycles. The van der Waals surface area contributed by atoms with Gasteiger partial charge in [0.2, 0.25) is 0 Å². The van der Waals surface area contributed by atoms with Gasteiger partial charge in [0.1, 0.15) is 12.4 Å². The first-order chi connectivity index (χ1) is 12.7. The molecular formula is C21H19N3O2. The molecule has 0 N–H and O–H groups in total. The van der Waals surface area contributed by atoms with Gasteiger partial charge in [-0.3, -0.25) is 14.0 Å². The molecule has 26 heavy (non-hydrogen) atoms. The van der Waals surface area contributed by atoms with Gasteiger partial charge in [0.15, 0.2) is 0 Å². The van der Waals surface area contributed by atoms with Crippen LogP contribution in [0.5, 0.6) is 5.75 Å². The van der Waals surface area contributed by atoms with Crippen molar-refractivity contribution < 1.29 is 4.74 Å². The van der Waals surface area contributed by atoms with Crippen LogP contribution in [0.4, 0.5) is 0 Å². The monoisotopic (exact) mass is 345 g/mol. The van der Waals surface area contributed by atoms with Gasteiger partial charge in [0.25, 0.3) is 5.56 Å². The van der Waals surface area contributed by atoms with E-state index in [1.165, 1.54) is 6.07 Å². The van der Waals surface area contributed by atoms with Crippen LogP contribution in [0.3, 0.4) is 0 Å². The minimum absolute atomic E-state index is 0.127. The van der Waals surface area contributed by atoms with Gasteiger partial charge in [0.05, 0.1) is 11.7 Å². The molecule has 0 spiro atoms. The molecule has 5 heteroatoms. The average molecular weight is 345 g/mol. The Bertz CT molecular complexity index is 1100. The summed E-state index contributed by atoms with van der Waals surface area (Å²) < 4.78 is 9.27. The van der Waals surface area contributed by atoms with E-state index in [1.807, 2.05) is 65.5 Å². The lowest BCUT2D eigenvalue weighted by molar-refractivity contribution is 0.305. The summed E-state index contributed by atoms with van der Waals surface area (Å²) in [4.78, 5) is 12.5. The molecule has 0 aliphatic rings. The third-order valence-corrected chi connectivity index (χ3v) is 4.34. The summed E-state index contributed by atoms with van der Waals surface area (Å²) in [6, 6.07) is 19.1. The summed E-state index contributed by atoms with van der Waals surface area (Å²) >= 11 is 0. The Hall–Kier alpha value is -3.34. The van der Waals surface area contributed by atoms with E-state index in [0.29, 0.717) is 12.4 Å². The summed E-state index contributed by atoms with van der Waals surface area (Å²) in [6.07, 6.45) is 3.57. The summed E-state index contributed by atoms with van der Waals surface area (Å²) in [7, 11) is 0. The van der Waals surface area contributed by atoms with Crippen LogP contribution < -0.4 is 10.3 Å². The van der Waals surface area contributed by atoms with E-state index in [2.05, 4.69) is 12.0 Å². The Morgan fingerprint density at radius 2 is 1.88 bits per heavy atom. The SMILES string of the molecule is CCn1ncc2cc(-n3ccc(OCc4ccccc4)cc3=O)ccc21. The molecule has 0 bridgehead atoms. The van der Waals surface area contributed by atoms with E-state index in [0.717, 1.165) is 28.7 Å². The summed E-state index contributed by atoms with van der Waals surface area (Å²) in [5.41, 5.74) is 2.81.